The maximum absolute atomic E-state index is 11.0. The van der Waals surface area contributed by atoms with E-state index in [1.54, 1.807) is 6.92 Å². The molecular formula is C8H15NO3. The number of hydrogen-bond acceptors (Lipinski definition) is 4. The van der Waals surface area contributed by atoms with E-state index in [0.717, 1.165) is 6.42 Å². The average Bonchev–Trinajstić information content (AvgIpc) is 2.62. The van der Waals surface area contributed by atoms with Gasteiger partial charge in [-0.05, 0) is 13.3 Å². The second-order valence-electron chi connectivity index (χ2n) is 3.54. The zero-order valence-corrected chi connectivity index (χ0v) is 7.41. The highest BCUT2D eigenvalue weighted by Gasteiger charge is 2.54. The molecule has 0 heterocycles. The third kappa shape index (κ3) is 1.59. The summed E-state index contributed by atoms with van der Waals surface area (Å²) in [6.07, 6.45) is 0.738. The number of rotatable bonds is 3. The third-order valence-electron chi connectivity index (χ3n) is 2.33. The molecule has 1 fully saturated rings. The van der Waals surface area contributed by atoms with Gasteiger partial charge in [-0.3, -0.25) is 4.79 Å². The van der Waals surface area contributed by atoms with E-state index in [4.69, 9.17) is 15.6 Å². The number of nitrogens with two attached hydrogens (primary N) is 1. The second kappa shape index (κ2) is 3.03. The summed E-state index contributed by atoms with van der Waals surface area (Å²) in [5.74, 6) is -0.182. The van der Waals surface area contributed by atoms with Gasteiger partial charge in [0.2, 0.25) is 0 Å². The Hall–Kier alpha value is -0.610. The van der Waals surface area contributed by atoms with Crippen molar-refractivity contribution in [1.29, 1.82) is 0 Å². The highest BCUT2D eigenvalue weighted by molar-refractivity contribution is 5.75. The predicted molar refractivity (Wildman–Crippen MR) is 43.3 cm³/mol. The summed E-state index contributed by atoms with van der Waals surface area (Å²) in [7, 11) is 0. The molecule has 1 aliphatic carbocycles. The summed E-state index contributed by atoms with van der Waals surface area (Å²) >= 11 is 0. The van der Waals surface area contributed by atoms with Crippen molar-refractivity contribution in [2.45, 2.75) is 31.9 Å². The van der Waals surface area contributed by atoms with Crippen LogP contribution in [-0.2, 0) is 9.53 Å². The molecule has 0 radical (unpaired) electrons. The van der Waals surface area contributed by atoms with Crippen LogP contribution in [0, 0.1) is 5.92 Å². The normalized spacial score (nSPS) is 35.8. The quantitative estimate of drug-likeness (QED) is 0.572. The van der Waals surface area contributed by atoms with Crippen molar-refractivity contribution in [3.63, 3.8) is 0 Å². The second-order valence-corrected chi connectivity index (χ2v) is 3.54. The lowest BCUT2D eigenvalue weighted by Crippen LogP contribution is -2.35. The maximum Gasteiger partial charge on any atom is 0.323 e. The van der Waals surface area contributed by atoms with Crippen molar-refractivity contribution in [1.82, 2.24) is 0 Å². The van der Waals surface area contributed by atoms with Gasteiger partial charge in [-0.2, -0.15) is 0 Å². The maximum atomic E-state index is 11.0. The average molecular weight is 173 g/mol. The van der Waals surface area contributed by atoms with Crippen molar-refractivity contribution < 1.29 is 14.6 Å². The van der Waals surface area contributed by atoms with Crippen LogP contribution in [0.15, 0.2) is 0 Å². The van der Waals surface area contributed by atoms with Gasteiger partial charge in [-0.15, -0.1) is 0 Å². The molecule has 3 atom stereocenters. The van der Waals surface area contributed by atoms with Gasteiger partial charge in [0.15, 0.2) is 0 Å². The molecular weight excluding hydrogens is 158 g/mol. The zero-order valence-electron chi connectivity index (χ0n) is 7.41. The number of ether oxygens (including phenoxy) is 1. The minimum atomic E-state index is -0.620. The Kier molecular flexibility index (Phi) is 2.39. The molecule has 0 spiro atoms. The third-order valence-corrected chi connectivity index (χ3v) is 2.33. The Balaban J connectivity index is 2.45. The topological polar surface area (TPSA) is 72.5 Å². The summed E-state index contributed by atoms with van der Waals surface area (Å²) in [5, 5.41) is 8.94. The molecule has 0 saturated heterocycles. The van der Waals surface area contributed by atoms with Gasteiger partial charge in [0, 0.05) is 5.92 Å². The largest absolute Gasteiger partial charge is 0.455 e. The Morgan fingerprint density at radius 1 is 1.92 bits per heavy atom. The van der Waals surface area contributed by atoms with Gasteiger partial charge in [-0.1, -0.05) is 6.92 Å². The number of carbonyl (C=O) groups is 1. The van der Waals surface area contributed by atoms with Gasteiger partial charge in [0.25, 0.3) is 0 Å². The van der Waals surface area contributed by atoms with Crippen LogP contribution in [0.2, 0.25) is 0 Å². The summed E-state index contributed by atoms with van der Waals surface area (Å²) < 4.78 is 5.06. The van der Waals surface area contributed by atoms with Crippen molar-refractivity contribution in [2.24, 2.45) is 11.7 Å². The fraction of sp³-hybridized carbons (Fsp3) is 0.875. The lowest BCUT2D eigenvalue weighted by Gasteiger charge is -2.16. The van der Waals surface area contributed by atoms with E-state index in [1.807, 2.05) is 6.92 Å². The Morgan fingerprint density at radius 2 is 2.42 bits per heavy atom. The highest BCUT2D eigenvalue weighted by Crippen LogP contribution is 2.46. The summed E-state index contributed by atoms with van der Waals surface area (Å²) in [5.41, 5.74) is 4.69. The summed E-state index contributed by atoms with van der Waals surface area (Å²) in [6, 6.07) is -0.610. The number of hydrogen-bond donors (Lipinski definition) is 2. The predicted octanol–water partition coefficient (Wildman–Crippen LogP) is -0.352. The molecule has 70 valence electrons. The van der Waals surface area contributed by atoms with Gasteiger partial charge in [0.1, 0.15) is 11.6 Å². The van der Waals surface area contributed by atoms with Gasteiger partial charge >= 0.3 is 5.97 Å². The van der Waals surface area contributed by atoms with Crippen molar-refractivity contribution >= 4 is 5.97 Å². The number of aliphatic hydroxyl groups excluding tert-OH is 1. The van der Waals surface area contributed by atoms with E-state index in [-0.39, 0.29) is 12.5 Å². The van der Waals surface area contributed by atoms with E-state index in [9.17, 15) is 4.79 Å². The first-order valence-electron chi connectivity index (χ1n) is 4.11. The highest BCUT2D eigenvalue weighted by atomic mass is 16.6. The molecule has 0 aliphatic heterocycles. The van der Waals surface area contributed by atoms with Crippen molar-refractivity contribution in [2.75, 3.05) is 6.61 Å². The zero-order chi connectivity index (χ0) is 9.35. The molecule has 2 unspecified atom stereocenters. The van der Waals surface area contributed by atoms with Crippen LogP contribution >= 0.6 is 0 Å². The molecule has 0 bridgehead atoms. The van der Waals surface area contributed by atoms with Crippen LogP contribution in [0.5, 0.6) is 0 Å². The molecule has 4 heteroatoms. The van der Waals surface area contributed by atoms with Crippen molar-refractivity contribution in [3.05, 3.63) is 0 Å². The number of aliphatic hydroxyl groups is 1. The fourth-order valence-corrected chi connectivity index (χ4v) is 1.15. The molecule has 1 rings (SSSR count). The number of esters is 1. The van der Waals surface area contributed by atoms with Crippen LogP contribution in [-0.4, -0.2) is 29.3 Å². The van der Waals surface area contributed by atoms with Gasteiger partial charge in [0.05, 0.1) is 6.61 Å². The van der Waals surface area contributed by atoms with Crippen LogP contribution in [0.3, 0.4) is 0 Å². The molecule has 0 aromatic carbocycles. The molecule has 0 amide bonds. The van der Waals surface area contributed by atoms with Crippen molar-refractivity contribution in [3.8, 4) is 0 Å². The lowest BCUT2D eigenvalue weighted by molar-refractivity contribution is -0.155. The van der Waals surface area contributed by atoms with E-state index in [0.29, 0.717) is 0 Å². The van der Waals surface area contributed by atoms with E-state index in [1.165, 1.54) is 0 Å². The van der Waals surface area contributed by atoms with E-state index >= 15 is 0 Å². The molecule has 1 aliphatic rings. The Morgan fingerprint density at radius 3 is 2.67 bits per heavy atom. The molecule has 12 heavy (non-hydrogen) atoms. The molecule has 1 saturated carbocycles. The fourth-order valence-electron chi connectivity index (χ4n) is 1.15. The monoisotopic (exact) mass is 173 g/mol. The molecule has 4 nitrogen and oxygen atoms in total. The van der Waals surface area contributed by atoms with E-state index in [2.05, 4.69) is 0 Å². The first kappa shape index (κ1) is 9.48. The van der Waals surface area contributed by atoms with Gasteiger partial charge in [-0.25, -0.2) is 0 Å². The molecule has 3 N–H and O–H groups in total. The van der Waals surface area contributed by atoms with Crippen LogP contribution < -0.4 is 5.73 Å². The number of carbonyl (C=O) groups excluding carboxylic acids is 1. The van der Waals surface area contributed by atoms with E-state index < -0.39 is 17.6 Å². The SMILES string of the molecule is CC1CC1(CO)OC(=O)[C@H](C)N. The minimum Gasteiger partial charge on any atom is -0.455 e. The Bertz CT molecular complexity index is 189. The van der Waals surface area contributed by atoms with Crippen LogP contribution in [0.1, 0.15) is 20.3 Å². The van der Waals surface area contributed by atoms with Crippen LogP contribution in [0.4, 0.5) is 0 Å². The standard InChI is InChI=1S/C8H15NO3/c1-5-3-8(5,4-10)12-7(11)6(2)9/h5-6,10H,3-4,9H2,1-2H3/t5?,6-,8?/m0/s1. The van der Waals surface area contributed by atoms with Crippen LogP contribution in [0.25, 0.3) is 0 Å². The summed E-state index contributed by atoms with van der Waals surface area (Å²) in [6.45, 7) is 3.40. The minimum absolute atomic E-state index is 0.105. The Labute approximate surface area is 71.7 Å². The van der Waals surface area contributed by atoms with Gasteiger partial charge < -0.3 is 15.6 Å². The lowest BCUT2D eigenvalue weighted by atomic mass is 10.3. The summed E-state index contributed by atoms with van der Waals surface area (Å²) in [4.78, 5) is 11.0. The smallest absolute Gasteiger partial charge is 0.323 e. The first-order chi connectivity index (χ1) is 5.52. The first-order valence-corrected chi connectivity index (χ1v) is 4.11. The molecule has 0 aromatic heterocycles. The molecule has 0 aromatic rings.